The predicted octanol–water partition coefficient (Wildman–Crippen LogP) is 6.67. The van der Waals surface area contributed by atoms with Crippen LogP contribution in [0.5, 0.6) is 28.7 Å². The summed E-state index contributed by atoms with van der Waals surface area (Å²) in [7, 11) is 5.75. The number of ether oxygens (including phenoxy) is 9. The lowest BCUT2D eigenvalue weighted by Crippen LogP contribution is -2.29. The van der Waals surface area contributed by atoms with E-state index in [0.717, 1.165) is 30.4 Å². The molecule has 280 valence electrons. The van der Waals surface area contributed by atoms with Crippen LogP contribution in [0.1, 0.15) is 99.9 Å². The second-order valence-corrected chi connectivity index (χ2v) is 13.9. The number of ketones is 1. The molecule has 0 fully saturated rings. The fourth-order valence-electron chi connectivity index (χ4n) is 6.22. The number of allylic oxidation sites excluding steroid dienone is 2. The standard InChI is InChI=1S/C39H52O12/c1-24(11-10-17-38(2,3)49-21-33(41)44-7)12-13-26-25(14-15-29-36(26)48-23-47-29)31-19-28(40)35-32(51-31)20-30(43-6)27(37(35)46-9)16-18-39(4,5)50-22-34(42)45-8/h12,14-15,20,31H,10-11,13,16-19,21-23H2,1-9H3/b24-12+. The Morgan fingerprint density at radius 1 is 0.882 bits per heavy atom. The van der Waals surface area contributed by atoms with Gasteiger partial charge in [-0.25, -0.2) is 9.59 Å². The Bertz CT molecular complexity index is 1610. The first-order valence-corrected chi connectivity index (χ1v) is 17.2. The van der Waals surface area contributed by atoms with E-state index < -0.39 is 29.2 Å². The molecule has 2 aromatic rings. The summed E-state index contributed by atoms with van der Waals surface area (Å²) in [5, 5.41) is 0. The molecule has 51 heavy (non-hydrogen) atoms. The highest BCUT2D eigenvalue weighted by molar-refractivity contribution is 6.03. The molecule has 1 atom stereocenters. The molecule has 0 saturated carbocycles. The molecule has 0 aromatic heterocycles. The molecule has 2 aliphatic rings. The maximum atomic E-state index is 13.9. The van der Waals surface area contributed by atoms with E-state index in [-0.39, 0.29) is 32.2 Å². The van der Waals surface area contributed by atoms with Gasteiger partial charge in [-0.3, -0.25) is 4.79 Å². The highest BCUT2D eigenvalue weighted by atomic mass is 16.7. The molecule has 0 N–H and O–H groups in total. The number of fused-ring (bicyclic) bond motifs is 2. The zero-order chi connectivity index (χ0) is 37.3. The SMILES string of the molecule is COC(=O)COC(C)(C)CCC/C(C)=C/Cc1c(C2CC(=O)c3c(cc(OC)c(CCC(C)(C)OCC(=O)OC)c3OC)O2)ccc2c1OCO2. The molecule has 1 unspecified atom stereocenters. The van der Waals surface area contributed by atoms with E-state index in [9.17, 15) is 14.4 Å². The van der Waals surface area contributed by atoms with Crippen LogP contribution in [-0.2, 0) is 41.4 Å². The summed E-state index contributed by atoms with van der Waals surface area (Å²) in [6.45, 7) is 9.66. The highest BCUT2D eigenvalue weighted by Gasteiger charge is 2.36. The van der Waals surface area contributed by atoms with E-state index in [2.05, 4.69) is 17.7 Å². The van der Waals surface area contributed by atoms with E-state index in [4.69, 9.17) is 37.9 Å². The lowest BCUT2D eigenvalue weighted by atomic mass is 9.88. The zero-order valence-electron chi connectivity index (χ0n) is 31.4. The van der Waals surface area contributed by atoms with Crippen LogP contribution in [0, 0.1) is 0 Å². The number of benzene rings is 2. The fourth-order valence-corrected chi connectivity index (χ4v) is 6.22. The average molecular weight is 713 g/mol. The summed E-state index contributed by atoms with van der Waals surface area (Å²) < 4.78 is 50.8. The Morgan fingerprint density at radius 2 is 1.55 bits per heavy atom. The minimum absolute atomic E-state index is 0.0766. The first-order chi connectivity index (χ1) is 24.2. The van der Waals surface area contributed by atoms with Crippen molar-refractivity contribution < 1.29 is 57.0 Å². The van der Waals surface area contributed by atoms with E-state index in [1.54, 1.807) is 13.2 Å². The zero-order valence-corrected chi connectivity index (χ0v) is 31.4. The quantitative estimate of drug-likeness (QED) is 0.121. The van der Waals surface area contributed by atoms with Gasteiger partial charge >= 0.3 is 11.9 Å². The molecule has 2 heterocycles. The normalized spacial score (nSPS) is 15.6. The smallest absolute Gasteiger partial charge is 0.331 e. The first kappa shape index (κ1) is 39.5. The summed E-state index contributed by atoms with van der Waals surface area (Å²) in [5.41, 5.74) is 2.89. The Hall–Kier alpha value is -4.29. The number of carbonyl (C=O) groups excluding carboxylic acids is 3. The average Bonchev–Trinajstić information content (AvgIpc) is 3.59. The molecule has 0 amide bonds. The Balaban J connectivity index is 1.54. The van der Waals surface area contributed by atoms with Crippen LogP contribution in [-0.4, -0.2) is 77.4 Å². The lowest BCUT2D eigenvalue weighted by Gasteiger charge is -2.30. The fraction of sp³-hybridized carbons (Fsp3) is 0.564. The molecule has 2 aliphatic heterocycles. The third kappa shape index (κ3) is 10.2. The van der Waals surface area contributed by atoms with Gasteiger partial charge in [0.2, 0.25) is 6.79 Å². The number of rotatable bonds is 18. The molecule has 0 saturated heterocycles. The van der Waals surface area contributed by atoms with Crippen molar-refractivity contribution in [3.05, 3.63) is 52.1 Å². The second kappa shape index (κ2) is 17.3. The molecular weight excluding hydrogens is 660 g/mol. The van der Waals surface area contributed by atoms with Gasteiger partial charge in [0.15, 0.2) is 17.3 Å². The molecule has 12 heteroatoms. The van der Waals surface area contributed by atoms with Gasteiger partial charge in [-0.05, 0) is 79.2 Å². The summed E-state index contributed by atoms with van der Waals surface area (Å²) in [4.78, 5) is 37.1. The monoisotopic (exact) mass is 712 g/mol. The van der Waals surface area contributed by atoms with Gasteiger partial charge in [0.05, 0.1) is 46.1 Å². The van der Waals surface area contributed by atoms with E-state index >= 15 is 0 Å². The molecule has 4 rings (SSSR count). The molecule has 2 aromatic carbocycles. The van der Waals surface area contributed by atoms with Crippen molar-refractivity contribution in [2.24, 2.45) is 0 Å². The first-order valence-electron chi connectivity index (χ1n) is 17.2. The minimum Gasteiger partial charge on any atom is -0.496 e. The number of hydrogen-bond acceptors (Lipinski definition) is 12. The Kier molecular flexibility index (Phi) is 13.4. The molecule has 0 spiro atoms. The third-order valence-electron chi connectivity index (χ3n) is 9.27. The van der Waals surface area contributed by atoms with Gasteiger partial charge in [-0.15, -0.1) is 0 Å². The Labute approximate surface area is 300 Å². The molecule has 12 nitrogen and oxygen atoms in total. The number of methoxy groups -OCH3 is 4. The topological polar surface area (TPSA) is 134 Å². The second-order valence-electron chi connectivity index (χ2n) is 13.9. The van der Waals surface area contributed by atoms with Crippen molar-refractivity contribution in [1.29, 1.82) is 0 Å². The van der Waals surface area contributed by atoms with Crippen LogP contribution < -0.4 is 23.7 Å². The highest BCUT2D eigenvalue weighted by Crippen LogP contribution is 2.48. The largest absolute Gasteiger partial charge is 0.496 e. The van der Waals surface area contributed by atoms with Crippen LogP contribution in [0.3, 0.4) is 0 Å². The summed E-state index contributed by atoms with van der Waals surface area (Å²) in [5.74, 6) is 1.63. The summed E-state index contributed by atoms with van der Waals surface area (Å²) in [6, 6.07) is 5.54. The summed E-state index contributed by atoms with van der Waals surface area (Å²) >= 11 is 0. The number of Topliss-reactive ketones (excluding diaryl/α,β-unsaturated/α-hetero) is 1. The van der Waals surface area contributed by atoms with Gasteiger partial charge < -0.3 is 42.6 Å². The van der Waals surface area contributed by atoms with Gasteiger partial charge in [0.25, 0.3) is 0 Å². The van der Waals surface area contributed by atoms with Gasteiger partial charge in [-0.2, -0.15) is 0 Å². The van der Waals surface area contributed by atoms with Crippen LogP contribution in [0.2, 0.25) is 0 Å². The molecule has 0 bridgehead atoms. The number of hydrogen-bond donors (Lipinski definition) is 0. The van der Waals surface area contributed by atoms with Crippen LogP contribution in [0.15, 0.2) is 29.8 Å². The van der Waals surface area contributed by atoms with E-state index in [0.29, 0.717) is 59.1 Å². The summed E-state index contributed by atoms with van der Waals surface area (Å²) in [6.07, 6.45) is 5.69. The van der Waals surface area contributed by atoms with Gasteiger partial charge in [0, 0.05) is 22.8 Å². The molecular formula is C39H52O12. The minimum atomic E-state index is -0.662. The lowest BCUT2D eigenvalue weighted by molar-refractivity contribution is -0.152. The van der Waals surface area contributed by atoms with Crippen molar-refractivity contribution in [1.82, 2.24) is 0 Å². The van der Waals surface area contributed by atoms with Crippen molar-refractivity contribution >= 4 is 17.7 Å². The maximum absolute atomic E-state index is 13.9. The van der Waals surface area contributed by atoms with E-state index in [1.807, 2.05) is 39.8 Å². The number of esters is 2. The number of carbonyl (C=O) groups is 3. The van der Waals surface area contributed by atoms with Crippen LogP contribution >= 0.6 is 0 Å². The molecule has 0 aliphatic carbocycles. The third-order valence-corrected chi connectivity index (χ3v) is 9.27. The van der Waals surface area contributed by atoms with Gasteiger partial charge in [-0.1, -0.05) is 17.7 Å². The molecule has 0 radical (unpaired) electrons. The van der Waals surface area contributed by atoms with Crippen molar-refractivity contribution in [3.8, 4) is 28.7 Å². The Morgan fingerprint density at radius 3 is 2.18 bits per heavy atom. The van der Waals surface area contributed by atoms with Crippen LogP contribution in [0.4, 0.5) is 0 Å². The van der Waals surface area contributed by atoms with Crippen molar-refractivity contribution in [2.75, 3.05) is 48.4 Å². The maximum Gasteiger partial charge on any atom is 0.331 e. The van der Waals surface area contributed by atoms with Gasteiger partial charge in [0.1, 0.15) is 42.1 Å². The van der Waals surface area contributed by atoms with Crippen molar-refractivity contribution in [2.45, 2.75) is 96.9 Å². The van der Waals surface area contributed by atoms with Crippen molar-refractivity contribution in [3.63, 3.8) is 0 Å². The van der Waals surface area contributed by atoms with Crippen LogP contribution in [0.25, 0.3) is 0 Å². The predicted molar refractivity (Wildman–Crippen MR) is 188 cm³/mol. The van der Waals surface area contributed by atoms with E-state index in [1.165, 1.54) is 26.9 Å².